The van der Waals surface area contributed by atoms with Gasteiger partial charge in [-0.25, -0.2) is 0 Å². The van der Waals surface area contributed by atoms with Gasteiger partial charge in [-0.15, -0.1) is 0 Å². The Labute approximate surface area is 156 Å². The monoisotopic (exact) mass is 368 g/mol. The van der Waals surface area contributed by atoms with Gasteiger partial charge in [-0.05, 0) is 43.5 Å². The fourth-order valence-corrected chi connectivity index (χ4v) is 3.18. The van der Waals surface area contributed by atoms with Crippen LogP contribution in [-0.2, 0) is 19.4 Å². The van der Waals surface area contributed by atoms with Gasteiger partial charge >= 0.3 is 0 Å². The van der Waals surface area contributed by atoms with E-state index in [1.807, 2.05) is 24.3 Å². The van der Waals surface area contributed by atoms with E-state index in [1.165, 1.54) is 4.90 Å². The Hall–Kier alpha value is -3.16. The van der Waals surface area contributed by atoms with E-state index in [9.17, 15) is 4.79 Å². The van der Waals surface area contributed by atoms with E-state index in [0.717, 1.165) is 48.3 Å². The lowest BCUT2D eigenvalue weighted by atomic mass is 9.96. The molecular formula is C19H20N4O4. The molecule has 2 heterocycles. The highest BCUT2D eigenvalue weighted by Crippen LogP contribution is 2.25. The van der Waals surface area contributed by atoms with Crippen molar-refractivity contribution in [3.05, 3.63) is 47.2 Å². The summed E-state index contributed by atoms with van der Waals surface area (Å²) in [4.78, 5) is 18.6. The van der Waals surface area contributed by atoms with Crippen LogP contribution in [0.2, 0.25) is 0 Å². The Morgan fingerprint density at radius 1 is 1.15 bits per heavy atom. The number of fused-ring (bicyclic) bond motifs is 1. The lowest BCUT2D eigenvalue weighted by Gasteiger charge is -2.15. The van der Waals surface area contributed by atoms with Gasteiger partial charge in [-0.3, -0.25) is 4.79 Å². The van der Waals surface area contributed by atoms with Gasteiger partial charge in [0, 0.05) is 24.6 Å². The largest absolute Gasteiger partial charge is 0.497 e. The molecule has 1 amide bonds. The van der Waals surface area contributed by atoms with Gasteiger partial charge in [-0.2, -0.15) is 4.98 Å². The predicted octanol–water partition coefficient (Wildman–Crippen LogP) is 2.88. The maximum Gasteiger partial charge on any atom is 0.276 e. The maximum absolute atomic E-state index is 12.7. The third-order valence-corrected chi connectivity index (χ3v) is 4.69. The van der Waals surface area contributed by atoms with Crippen molar-refractivity contribution in [3.63, 3.8) is 0 Å². The van der Waals surface area contributed by atoms with Gasteiger partial charge < -0.3 is 18.7 Å². The molecule has 0 radical (unpaired) electrons. The molecule has 0 saturated carbocycles. The van der Waals surface area contributed by atoms with E-state index in [0.29, 0.717) is 17.4 Å². The zero-order chi connectivity index (χ0) is 18.8. The minimum absolute atomic E-state index is 0.198. The van der Waals surface area contributed by atoms with Crippen LogP contribution in [0.25, 0.3) is 11.4 Å². The zero-order valence-electron chi connectivity index (χ0n) is 15.3. The van der Waals surface area contributed by atoms with Crippen molar-refractivity contribution in [1.82, 2.24) is 20.2 Å². The summed E-state index contributed by atoms with van der Waals surface area (Å²) in [6.07, 6.45) is 3.79. The normalized spacial score (nSPS) is 13.3. The number of methoxy groups -OCH3 is 1. The zero-order valence-corrected chi connectivity index (χ0v) is 15.3. The third-order valence-electron chi connectivity index (χ3n) is 4.69. The first kappa shape index (κ1) is 17.3. The van der Waals surface area contributed by atoms with Crippen molar-refractivity contribution in [1.29, 1.82) is 0 Å². The minimum Gasteiger partial charge on any atom is -0.497 e. The summed E-state index contributed by atoms with van der Waals surface area (Å²) in [7, 11) is 3.30. The smallest absolute Gasteiger partial charge is 0.276 e. The number of amides is 1. The standard InChI is InChI=1S/C19H20N4O4/c1-23(19(24)17-14-5-3-4-6-15(14)26-21-17)11-16-20-18(22-27-16)12-7-9-13(25-2)10-8-12/h7-10H,3-6,11H2,1-2H3. The molecule has 4 rings (SSSR count). The topological polar surface area (TPSA) is 94.5 Å². The number of nitrogens with zero attached hydrogens (tertiary/aromatic N) is 4. The molecule has 0 aliphatic heterocycles. The quantitative estimate of drug-likeness (QED) is 0.683. The number of hydrogen-bond acceptors (Lipinski definition) is 7. The molecule has 2 aromatic heterocycles. The van der Waals surface area contributed by atoms with Crippen LogP contribution in [0.5, 0.6) is 5.75 Å². The molecule has 0 N–H and O–H groups in total. The maximum atomic E-state index is 12.7. The van der Waals surface area contributed by atoms with Crippen LogP contribution < -0.4 is 4.74 Å². The SMILES string of the molecule is COc1ccc(-c2noc(CN(C)C(=O)c3noc4c3CCCC4)n2)cc1. The minimum atomic E-state index is -0.203. The third kappa shape index (κ3) is 3.42. The first-order chi connectivity index (χ1) is 13.2. The van der Waals surface area contributed by atoms with Crippen LogP contribution in [-0.4, -0.2) is 40.3 Å². The molecule has 1 aromatic carbocycles. The van der Waals surface area contributed by atoms with Crippen molar-refractivity contribution in [2.45, 2.75) is 32.2 Å². The summed E-state index contributed by atoms with van der Waals surface area (Å²) in [6.45, 7) is 0.198. The summed E-state index contributed by atoms with van der Waals surface area (Å²) in [5.74, 6) is 2.20. The van der Waals surface area contributed by atoms with E-state index in [4.69, 9.17) is 13.8 Å². The molecular weight excluding hydrogens is 348 g/mol. The molecule has 140 valence electrons. The number of carbonyl (C=O) groups excluding carboxylic acids is 1. The van der Waals surface area contributed by atoms with Crippen LogP contribution in [0.3, 0.4) is 0 Å². The molecule has 0 bridgehead atoms. The summed E-state index contributed by atoms with van der Waals surface area (Å²) in [5, 5.41) is 7.97. The molecule has 0 spiro atoms. The lowest BCUT2D eigenvalue weighted by molar-refractivity contribution is 0.0758. The average molecular weight is 368 g/mol. The predicted molar refractivity (Wildman–Crippen MR) is 95.2 cm³/mol. The summed E-state index contributed by atoms with van der Waals surface area (Å²) in [6, 6.07) is 7.36. The van der Waals surface area contributed by atoms with Crippen molar-refractivity contribution in [2.24, 2.45) is 0 Å². The van der Waals surface area contributed by atoms with Crippen LogP contribution in [0.4, 0.5) is 0 Å². The molecule has 8 nitrogen and oxygen atoms in total. The summed E-state index contributed by atoms with van der Waals surface area (Å²) in [5.41, 5.74) is 2.13. The molecule has 27 heavy (non-hydrogen) atoms. The Bertz CT molecular complexity index is 945. The molecule has 1 aliphatic carbocycles. The first-order valence-electron chi connectivity index (χ1n) is 8.85. The fraction of sp³-hybridized carbons (Fsp3) is 0.368. The van der Waals surface area contributed by atoms with Gasteiger partial charge in [0.05, 0.1) is 7.11 Å². The van der Waals surface area contributed by atoms with Crippen molar-refractivity contribution in [2.75, 3.05) is 14.2 Å². The second kappa shape index (κ2) is 7.22. The number of aromatic nitrogens is 3. The van der Waals surface area contributed by atoms with Gasteiger partial charge in [0.1, 0.15) is 18.1 Å². The second-order valence-corrected chi connectivity index (χ2v) is 6.54. The number of carbonyl (C=O) groups is 1. The van der Waals surface area contributed by atoms with Crippen molar-refractivity contribution in [3.8, 4) is 17.1 Å². The van der Waals surface area contributed by atoms with Crippen molar-refractivity contribution >= 4 is 5.91 Å². The van der Waals surface area contributed by atoms with E-state index in [1.54, 1.807) is 14.2 Å². The van der Waals surface area contributed by atoms with E-state index in [2.05, 4.69) is 15.3 Å². The second-order valence-electron chi connectivity index (χ2n) is 6.54. The fourth-order valence-electron chi connectivity index (χ4n) is 3.18. The van der Waals surface area contributed by atoms with Gasteiger partial charge in [-0.1, -0.05) is 10.3 Å². The Kier molecular flexibility index (Phi) is 4.62. The van der Waals surface area contributed by atoms with Crippen LogP contribution >= 0.6 is 0 Å². The highest BCUT2D eigenvalue weighted by molar-refractivity contribution is 5.93. The number of aryl methyl sites for hydroxylation is 1. The van der Waals surface area contributed by atoms with Gasteiger partial charge in [0.25, 0.3) is 5.91 Å². The molecule has 3 aromatic rings. The Balaban J connectivity index is 1.46. The Morgan fingerprint density at radius 2 is 1.93 bits per heavy atom. The number of hydrogen-bond donors (Lipinski definition) is 0. The summed E-state index contributed by atoms with van der Waals surface area (Å²) >= 11 is 0. The highest BCUT2D eigenvalue weighted by atomic mass is 16.5. The van der Waals surface area contributed by atoms with E-state index in [-0.39, 0.29) is 12.5 Å². The molecule has 0 atom stereocenters. The van der Waals surface area contributed by atoms with Gasteiger partial charge in [0.15, 0.2) is 5.69 Å². The summed E-state index contributed by atoms with van der Waals surface area (Å²) < 4.78 is 15.8. The van der Waals surface area contributed by atoms with Crippen LogP contribution in [0, 0.1) is 0 Å². The first-order valence-corrected chi connectivity index (χ1v) is 8.85. The molecule has 1 aliphatic rings. The molecule has 0 fully saturated rings. The molecule has 0 saturated heterocycles. The molecule has 0 unspecified atom stereocenters. The van der Waals surface area contributed by atoms with Crippen LogP contribution in [0.1, 0.15) is 40.5 Å². The van der Waals surface area contributed by atoms with Crippen molar-refractivity contribution < 1.29 is 18.6 Å². The average Bonchev–Trinajstić information content (AvgIpc) is 3.34. The van der Waals surface area contributed by atoms with E-state index < -0.39 is 0 Å². The number of benzene rings is 1. The molecule has 8 heteroatoms. The number of rotatable bonds is 5. The Morgan fingerprint density at radius 3 is 2.70 bits per heavy atom. The van der Waals surface area contributed by atoms with Crippen LogP contribution in [0.15, 0.2) is 33.3 Å². The van der Waals surface area contributed by atoms with E-state index >= 15 is 0 Å². The number of ether oxygens (including phenoxy) is 1. The highest BCUT2D eigenvalue weighted by Gasteiger charge is 2.26. The lowest BCUT2D eigenvalue weighted by Crippen LogP contribution is -2.27. The van der Waals surface area contributed by atoms with Gasteiger partial charge in [0.2, 0.25) is 11.7 Å².